The van der Waals surface area contributed by atoms with E-state index in [-0.39, 0.29) is 30.2 Å². The quantitative estimate of drug-likeness (QED) is 0.548. The summed E-state index contributed by atoms with van der Waals surface area (Å²) in [6.07, 6.45) is 3.03. The first-order valence-corrected chi connectivity index (χ1v) is 13.7. The number of hydrogen-bond acceptors (Lipinski definition) is 6. The number of phenols is 1. The molecular formula is C25H37ClN2O5S. The minimum atomic E-state index is -1.34. The molecule has 2 aliphatic heterocycles. The van der Waals surface area contributed by atoms with Gasteiger partial charge in [0.15, 0.2) is 11.9 Å². The molecule has 3 atom stereocenters. The standard InChI is InChI=1S/C25H37ClN2O5S/c1-24(2,3)34(31)27-22(18-12-19(26)17(13-20(18)29)15-6-7-15)16-8-10-28(11-9-16)23(30)21-14-32-25(4,5)33-21/h12-13,15-16,21-22,27,29H,6-11,14H2,1-5H3/t21-,22?,34?/m1/s1. The van der Waals surface area contributed by atoms with Crippen LogP contribution in [0, 0.1) is 5.92 Å². The minimum absolute atomic E-state index is 0.0496. The van der Waals surface area contributed by atoms with Crippen LogP contribution in [-0.4, -0.2) is 56.8 Å². The summed E-state index contributed by atoms with van der Waals surface area (Å²) < 4.78 is 27.2. The van der Waals surface area contributed by atoms with Crippen molar-refractivity contribution >= 4 is 28.9 Å². The summed E-state index contributed by atoms with van der Waals surface area (Å²) in [5.74, 6) is -0.100. The summed E-state index contributed by atoms with van der Waals surface area (Å²) in [5, 5.41) is 11.6. The van der Waals surface area contributed by atoms with Gasteiger partial charge in [0.2, 0.25) is 0 Å². The van der Waals surface area contributed by atoms with Crippen molar-refractivity contribution in [3.05, 3.63) is 28.3 Å². The zero-order valence-electron chi connectivity index (χ0n) is 20.7. The topological polar surface area (TPSA) is 94.1 Å². The number of rotatable bonds is 6. The first kappa shape index (κ1) is 26.0. The molecule has 1 saturated carbocycles. The largest absolute Gasteiger partial charge is 0.598 e. The van der Waals surface area contributed by atoms with Crippen LogP contribution in [0.1, 0.15) is 83.4 Å². The van der Waals surface area contributed by atoms with Crippen LogP contribution in [0.25, 0.3) is 0 Å². The van der Waals surface area contributed by atoms with Gasteiger partial charge in [-0.1, -0.05) is 11.6 Å². The number of nitrogens with zero attached hydrogens (tertiary/aromatic N) is 1. The summed E-state index contributed by atoms with van der Waals surface area (Å²) in [5.41, 5.74) is 1.66. The lowest BCUT2D eigenvalue weighted by molar-refractivity contribution is -0.161. The fraction of sp³-hybridized carbons (Fsp3) is 0.720. The molecule has 190 valence electrons. The number of piperidine rings is 1. The molecule has 1 aromatic carbocycles. The van der Waals surface area contributed by atoms with E-state index in [1.54, 1.807) is 6.07 Å². The van der Waals surface area contributed by atoms with Crippen molar-refractivity contribution in [2.24, 2.45) is 5.92 Å². The number of benzene rings is 1. The molecule has 9 heteroatoms. The molecule has 0 bridgehead atoms. The third-order valence-electron chi connectivity index (χ3n) is 6.89. The maximum absolute atomic E-state index is 13.1. The lowest BCUT2D eigenvalue weighted by Gasteiger charge is -2.38. The highest BCUT2D eigenvalue weighted by Gasteiger charge is 2.42. The van der Waals surface area contributed by atoms with E-state index >= 15 is 0 Å². The summed E-state index contributed by atoms with van der Waals surface area (Å²) in [6, 6.07) is 3.28. The predicted octanol–water partition coefficient (Wildman–Crippen LogP) is 4.41. The maximum Gasteiger partial charge on any atom is 0.254 e. The molecule has 2 unspecified atom stereocenters. The van der Waals surface area contributed by atoms with Gasteiger partial charge in [0.1, 0.15) is 10.5 Å². The van der Waals surface area contributed by atoms with Crippen LogP contribution in [0.4, 0.5) is 0 Å². The van der Waals surface area contributed by atoms with Gasteiger partial charge in [-0.05, 0) is 89.8 Å². The molecule has 0 radical (unpaired) electrons. The molecule has 7 nitrogen and oxygen atoms in total. The molecule has 0 spiro atoms. The first-order valence-electron chi connectivity index (χ1n) is 12.2. The molecule has 1 aliphatic carbocycles. The Labute approximate surface area is 210 Å². The lowest BCUT2D eigenvalue weighted by atomic mass is 9.85. The number of ether oxygens (including phenoxy) is 2. The maximum atomic E-state index is 13.1. The summed E-state index contributed by atoms with van der Waals surface area (Å²) in [7, 11) is 0. The van der Waals surface area contributed by atoms with Gasteiger partial charge in [0, 0.05) is 35.0 Å². The fourth-order valence-corrected chi connectivity index (χ4v) is 5.95. The average Bonchev–Trinajstić information content (AvgIpc) is 3.54. The van der Waals surface area contributed by atoms with Crippen molar-refractivity contribution in [2.45, 2.75) is 88.9 Å². The van der Waals surface area contributed by atoms with E-state index < -0.39 is 28.0 Å². The van der Waals surface area contributed by atoms with Gasteiger partial charge >= 0.3 is 0 Å². The Bertz CT molecular complexity index is 909. The highest BCUT2D eigenvalue weighted by atomic mass is 35.5. The van der Waals surface area contributed by atoms with Gasteiger partial charge in [-0.15, -0.1) is 4.72 Å². The third kappa shape index (κ3) is 5.85. The van der Waals surface area contributed by atoms with E-state index in [1.165, 1.54) is 0 Å². The Morgan fingerprint density at radius 3 is 2.44 bits per heavy atom. The number of nitrogens with one attached hydrogen (secondary N) is 1. The van der Waals surface area contributed by atoms with Gasteiger partial charge in [-0.25, -0.2) is 0 Å². The molecule has 34 heavy (non-hydrogen) atoms. The van der Waals surface area contributed by atoms with Crippen LogP contribution in [-0.2, 0) is 25.6 Å². The zero-order valence-corrected chi connectivity index (χ0v) is 22.3. The van der Waals surface area contributed by atoms with Crippen LogP contribution in [0.15, 0.2) is 12.1 Å². The number of aromatic hydroxyl groups is 1. The molecular weight excluding hydrogens is 476 g/mol. The molecule has 1 amide bonds. The molecule has 2 heterocycles. The molecule has 3 fully saturated rings. The first-order chi connectivity index (χ1) is 15.9. The number of halogens is 1. The number of hydrogen-bond donors (Lipinski definition) is 2. The SMILES string of the molecule is CC1(C)OC[C@H](C(=O)N2CCC(C(N[S+]([O-])C(C)(C)C)c3cc(Cl)c(C4CC4)cc3O)CC2)O1. The smallest absolute Gasteiger partial charge is 0.254 e. The Kier molecular flexibility index (Phi) is 7.50. The molecule has 2 saturated heterocycles. The second kappa shape index (κ2) is 9.79. The Balaban J connectivity index is 1.50. The number of carbonyl (C=O) groups is 1. The van der Waals surface area contributed by atoms with E-state index in [4.69, 9.17) is 21.1 Å². The molecule has 0 aromatic heterocycles. The third-order valence-corrected chi connectivity index (χ3v) is 8.80. The Morgan fingerprint density at radius 1 is 1.26 bits per heavy atom. The van der Waals surface area contributed by atoms with Crippen molar-refractivity contribution in [1.29, 1.82) is 0 Å². The van der Waals surface area contributed by atoms with E-state index in [0.29, 0.717) is 42.4 Å². The van der Waals surface area contributed by atoms with Gasteiger partial charge in [0.05, 0.1) is 12.6 Å². The van der Waals surface area contributed by atoms with Crippen LogP contribution in [0.5, 0.6) is 5.75 Å². The molecule has 3 aliphatic rings. The van der Waals surface area contributed by atoms with Crippen LogP contribution in [0.2, 0.25) is 5.02 Å². The number of likely N-dealkylation sites (tertiary alicyclic amines) is 1. The van der Waals surface area contributed by atoms with Crippen molar-refractivity contribution < 1.29 is 23.9 Å². The molecule has 4 rings (SSSR count). The van der Waals surface area contributed by atoms with E-state index in [2.05, 4.69) is 4.72 Å². The monoisotopic (exact) mass is 512 g/mol. The van der Waals surface area contributed by atoms with Gasteiger partial charge in [-0.2, -0.15) is 0 Å². The zero-order chi connectivity index (χ0) is 24.8. The Morgan fingerprint density at radius 2 is 1.91 bits per heavy atom. The van der Waals surface area contributed by atoms with Crippen LogP contribution in [0.3, 0.4) is 0 Å². The second-order valence-electron chi connectivity index (χ2n) is 11.2. The molecule has 1 aromatic rings. The summed E-state index contributed by atoms with van der Waals surface area (Å²) in [4.78, 5) is 14.8. The van der Waals surface area contributed by atoms with Crippen molar-refractivity contribution in [3.63, 3.8) is 0 Å². The highest BCUT2D eigenvalue weighted by molar-refractivity contribution is 7.90. The van der Waals surface area contributed by atoms with Crippen LogP contribution >= 0.6 is 11.6 Å². The second-order valence-corrected chi connectivity index (χ2v) is 13.6. The fourth-order valence-electron chi connectivity index (χ4n) is 4.72. The van der Waals surface area contributed by atoms with E-state index in [9.17, 15) is 14.5 Å². The minimum Gasteiger partial charge on any atom is -0.598 e. The highest BCUT2D eigenvalue weighted by Crippen LogP contribution is 2.47. The summed E-state index contributed by atoms with van der Waals surface area (Å²) >= 11 is 5.28. The number of amides is 1. The van der Waals surface area contributed by atoms with E-state index in [0.717, 1.165) is 18.4 Å². The van der Waals surface area contributed by atoms with Gasteiger partial charge < -0.3 is 24.0 Å². The summed E-state index contributed by atoms with van der Waals surface area (Å²) in [6.45, 7) is 10.8. The lowest BCUT2D eigenvalue weighted by Crippen LogP contribution is -2.48. The Hall–Kier alpha value is -1.03. The van der Waals surface area contributed by atoms with Crippen LogP contribution < -0.4 is 4.72 Å². The van der Waals surface area contributed by atoms with Crippen molar-refractivity contribution in [3.8, 4) is 5.75 Å². The van der Waals surface area contributed by atoms with Gasteiger partial charge in [0.25, 0.3) is 5.91 Å². The molecule has 2 N–H and O–H groups in total. The van der Waals surface area contributed by atoms with E-state index in [1.807, 2.05) is 45.6 Å². The predicted molar refractivity (Wildman–Crippen MR) is 133 cm³/mol. The number of phenolic OH excluding ortho intramolecular Hbond substituents is 1. The normalized spacial score (nSPS) is 25.4. The van der Waals surface area contributed by atoms with Gasteiger partial charge in [-0.3, -0.25) is 4.79 Å². The number of carbonyl (C=O) groups excluding carboxylic acids is 1. The average molecular weight is 513 g/mol. The van der Waals surface area contributed by atoms with Crippen molar-refractivity contribution in [1.82, 2.24) is 9.62 Å². The van der Waals surface area contributed by atoms with Crippen molar-refractivity contribution in [2.75, 3.05) is 19.7 Å².